The van der Waals surface area contributed by atoms with Crippen LogP contribution < -0.4 is 9.74 Å². The van der Waals surface area contributed by atoms with Crippen LogP contribution in [0.4, 0.5) is 14.9 Å². The highest BCUT2D eigenvalue weighted by molar-refractivity contribution is 6.70. The van der Waals surface area contributed by atoms with E-state index in [2.05, 4.69) is 25.0 Å². The van der Waals surface area contributed by atoms with Crippen molar-refractivity contribution in [2.45, 2.75) is 50.7 Å². The summed E-state index contributed by atoms with van der Waals surface area (Å²) < 4.78 is 25.2. The van der Waals surface area contributed by atoms with E-state index in [4.69, 9.17) is 9.16 Å². The van der Waals surface area contributed by atoms with Gasteiger partial charge in [0.05, 0.1) is 18.1 Å². The topological polar surface area (TPSA) is 88.1 Å². The normalized spacial score (nSPS) is 16.9. The Kier molecular flexibility index (Phi) is 10.0. The molecule has 0 unspecified atom stereocenters. The summed E-state index contributed by atoms with van der Waals surface area (Å²) in [6.07, 6.45) is -1.22. The average molecular weight is 627 g/mol. The van der Waals surface area contributed by atoms with Crippen LogP contribution in [-0.4, -0.2) is 36.9 Å². The Morgan fingerprint density at radius 2 is 1.51 bits per heavy atom. The molecule has 4 aromatic rings. The predicted octanol–water partition coefficient (Wildman–Crippen LogP) is 8.04. The van der Waals surface area contributed by atoms with Crippen molar-refractivity contribution in [2.75, 3.05) is 11.9 Å². The Balaban J connectivity index is 1.53. The van der Waals surface area contributed by atoms with Crippen molar-refractivity contribution in [2.24, 2.45) is 5.92 Å². The third kappa shape index (κ3) is 8.17. The number of rotatable bonds is 12. The van der Waals surface area contributed by atoms with Crippen LogP contribution in [0, 0.1) is 11.7 Å². The van der Waals surface area contributed by atoms with E-state index in [1.54, 1.807) is 0 Å². The zero-order chi connectivity index (χ0) is 32.0. The van der Waals surface area contributed by atoms with E-state index in [-0.39, 0.29) is 19.4 Å². The number of imide groups is 1. The van der Waals surface area contributed by atoms with Gasteiger partial charge in [0, 0.05) is 5.69 Å². The third-order valence-corrected chi connectivity index (χ3v) is 8.63. The largest absolute Gasteiger partial charge is 0.544 e. The maximum atomic E-state index is 14.6. The number of benzene rings is 4. The standard InChI is InChI=1S/C36H39FN2O5Si/c1-45(2,3)44-30-20-16-27(17-21-30)34(38-29-12-8-5-9-13-29)31(22-23-33(40)26-14-18-28(37)19-15-26)35(41)39-32(24-43-36(39)42)25-10-6-4-7-11-25/h4-21,31-34,38,40H,22-24H2,1-3H3/t31-,32-,33+,34-/m1/s1. The van der Waals surface area contributed by atoms with Gasteiger partial charge in [-0.1, -0.05) is 72.8 Å². The number of nitrogens with one attached hydrogen (secondary N) is 1. The Labute approximate surface area is 264 Å². The minimum Gasteiger partial charge on any atom is -0.544 e. The van der Waals surface area contributed by atoms with Gasteiger partial charge >= 0.3 is 6.09 Å². The fourth-order valence-electron chi connectivity index (χ4n) is 5.61. The van der Waals surface area contributed by atoms with Crippen LogP contribution in [0.5, 0.6) is 5.75 Å². The molecule has 2 N–H and O–H groups in total. The van der Waals surface area contributed by atoms with Crippen molar-refractivity contribution in [3.8, 4) is 5.75 Å². The van der Waals surface area contributed by atoms with Crippen LogP contribution >= 0.6 is 0 Å². The van der Waals surface area contributed by atoms with Gasteiger partial charge < -0.3 is 19.6 Å². The maximum absolute atomic E-state index is 14.6. The highest BCUT2D eigenvalue weighted by Gasteiger charge is 2.44. The SMILES string of the molecule is C[Si](C)(C)Oc1ccc([C@@H](Nc2ccccc2)[C@@H](CC[C@H](O)c2ccc(F)cc2)C(=O)N2C(=O)OC[C@@H]2c2ccccc2)cc1. The van der Waals surface area contributed by atoms with Crippen molar-refractivity contribution in [1.82, 2.24) is 4.90 Å². The lowest BCUT2D eigenvalue weighted by atomic mass is 9.85. The second-order valence-corrected chi connectivity index (χ2v) is 16.7. The number of hydrogen-bond donors (Lipinski definition) is 2. The molecule has 0 bridgehead atoms. The third-order valence-electron chi connectivity index (χ3n) is 7.78. The zero-order valence-electron chi connectivity index (χ0n) is 25.7. The molecule has 9 heteroatoms. The molecule has 4 atom stereocenters. The van der Waals surface area contributed by atoms with Crippen LogP contribution in [0.3, 0.4) is 0 Å². The zero-order valence-corrected chi connectivity index (χ0v) is 26.7. The number of para-hydroxylation sites is 1. The fourth-order valence-corrected chi connectivity index (χ4v) is 6.46. The van der Waals surface area contributed by atoms with Crippen LogP contribution in [-0.2, 0) is 9.53 Å². The number of cyclic esters (lactones) is 1. The smallest absolute Gasteiger partial charge is 0.417 e. The number of amides is 2. The lowest BCUT2D eigenvalue weighted by Gasteiger charge is -2.33. The highest BCUT2D eigenvalue weighted by atomic mass is 28.4. The Bertz CT molecular complexity index is 1560. The molecule has 1 aliphatic heterocycles. The molecule has 45 heavy (non-hydrogen) atoms. The molecule has 2 amide bonds. The van der Waals surface area contributed by atoms with Gasteiger partial charge in [-0.15, -0.1) is 0 Å². The van der Waals surface area contributed by atoms with Gasteiger partial charge in [-0.2, -0.15) is 0 Å². The molecular weight excluding hydrogens is 587 g/mol. The van der Waals surface area contributed by atoms with E-state index in [1.165, 1.54) is 29.2 Å². The summed E-state index contributed by atoms with van der Waals surface area (Å²) in [4.78, 5) is 29.0. The second-order valence-electron chi connectivity index (χ2n) is 12.2. The molecular formula is C36H39FN2O5Si. The monoisotopic (exact) mass is 626 g/mol. The quantitative estimate of drug-likeness (QED) is 0.155. The maximum Gasteiger partial charge on any atom is 0.417 e. The molecule has 0 aliphatic carbocycles. The number of carbonyl (C=O) groups excluding carboxylic acids is 2. The van der Waals surface area contributed by atoms with Gasteiger partial charge in [0.25, 0.3) is 0 Å². The Morgan fingerprint density at radius 1 is 0.911 bits per heavy atom. The molecule has 4 aromatic carbocycles. The predicted molar refractivity (Wildman–Crippen MR) is 175 cm³/mol. The first-order chi connectivity index (χ1) is 21.6. The molecule has 234 valence electrons. The van der Waals surface area contributed by atoms with Crippen molar-refractivity contribution in [3.63, 3.8) is 0 Å². The minimum atomic E-state index is -1.85. The van der Waals surface area contributed by atoms with E-state index in [0.717, 1.165) is 22.6 Å². The van der Waals surface area contributed by atoms with Gasteiger partial charge in [-0.3, -0.25) is 4.79 Å². The number of nitrogens with zero attached hydrogens (tertiary/aromatic N) is 1. The first kappa shape index (κ1) is 31.9. The number of halogens is 1. The highest BCUT2D eigenvalue weighted by Crippen LogP contribution is 2.38. The van der Waals surface area contributed by atoms with Crippen molar-refractivity contribution < 1.29 is 28.2 Å². The van der Waals surface area contributed by atoms with Gasteiger partial charge in [-0.25, -0.2) is 14.1 Å². The van der Waals surface area contributed by atoms with Crippen LogP contribution in [0.15, 0.2) is 109 Å². The molecule has 1 fully saturated rings. The molecule has 1 saturated heterocycles. The lowest BCUT2D eigenvalue weighted by Crippen LogP contribution is -2.42. The van der Waals surface area contributed by atoms with Crippen LogP contribution in [0.2, 0.25) is 19.6 Å². The summed E-state index contributed by atoms with van der Waals surface area (Å²) in [5, 5.41) is 14.6. The molecule has 1 aliphatic rings. The van der Waals surface area contributed by atoms with Crippen molar-refractivity contribution >= 4 is 26.0 Å². The molecule has 5 rings (SSSR count). The number of carbonyl (C=O) groups is 2. The van der Waals surface area contributed by atoms with Crippen molar-refractivity contribution in [1.29, 1.82) is 0 Å². The lowest BCUT2D eigenvalue weighted by molar-refractivity contribution is -0.134. The number of anilines is 1. The number of hydrogen-bond acceptors (Lipinski definition) is 6. The molecule has 0 saturated carbocycles. The van der Waals surface area contributed by atoms with Gasteiger partial charge in [0.2, 0.25) is 14.2 Å². The van der Waals surface area contributed by atoms with Gasteiger partial charge in [-0.05, 0) is 85.6 Å². The first-order valence-corrected chi connectivity index (χ1v) is 18.6. The number of ether oxygens (including phenoxy) is 1. The van der Waals surface area contributed by atoms with E-state index in [9.17, 15) is 19.1 Å². The number of aliphatic hydroxyl groups excluding tert-OH is 1. The Morgan fingerprint density at radius 3 is 2.13 bits per heavy atom. The van der Waals surface area contributed by atoms with Crippen molar-refractivity contribution in [3.05, 3.63) is 132 Å². The molecule has 7 nitrogen and oxygen atoms in total. The summed E-state index contributed by atoms with van der Waals surface area (Å²) in [5.74, 6) is -0.847. The molecule has 0 aromatic heterocycles. The summed E-state index contributed by atoms with van der Waals surface area (Å²) in [7, 11) is -1.85. The fraction of sp³-hybridized carbons (Fsp3) is 0.278. The molecule has 1 heterocycles. The van der Waals surface area contributed by atoms with E-state index in [0.29, 0.717) is 5.56 Å². The Hall–Kier alpha value is -4.47. The summed E-state index contributed by atoms with van der Waals surface area (Å²) in [6.45, 7) is 6.39. The molecule has 0 radical (unpaired) electrons. The minimum absolute atomic E-state index is 0.0546. The van der Waals surface area contributed by atoms with E-state index >= 15 is 0 Å². The summed E-state index contributed by atoms with van der Waals surface area (Å²) >= 11 is 0. The van der Waals surface area contributed by atoms with Gasteiger partial charge in [0.1, 0.15) is 24.2 Å². The average Bonchev–Trinajstić information content (AvgIpc) is 3.42. The van der Waals surface area contributed by atoms with E-state index in [1.807, 2.05) is 84.9 Å². The van der Waals surface area contributed by atoms with Gasteiger partial charge in [0.15, 0.2) is 0 Å². The summed E-state index contributed by atoms with van der Waals surface area (Å²) in [6, 6.07) is 31.1. The second kappa shape index (κ2) is 14.1. The summed E-state index contributed by atoms with van der Waals surface area (Å²) in [5.41, 5.74) is 2.96. The molecule has 0 spiro atoms. The number of aliphatic hydroxyl groups is 1. The van der Waals surface area contributed by atoms with Crippen LogP contribution in [0.1, 0.15) is 47.7 Å². The van der Waals surface area contributed by atoms with E-state index < -0.39 is 50.2 Å². The first-order valence-electron chi connectivity index (χ1n) is 15.2. The van der Waals surface area contributed by atoms with Crippen LogP contribution in [0.25, 0.3) is 0 Å².